The van der Waals surface area contributed by atoms with E-state index in [0.717, 1.165) is 17.9 Å². The first-order chi connectivity index (χ1) is 12.3. The van der Waals surface area contributed by atoms with Crippen LogP contribution in [0.1, 0.15) is 20.3 Å². The Labute approximate surface area is 159 Å². The Kier molecular flexibility index (Phi) is 5.59. The van der Waals surface area contributed by atoms with Gasteiger partial charge in [-0.25, -0.2) is 13.1 Å². The number of hydrogen-bond acceptors (Lipinski definition) is 6. The molecule has 1 atom stereocenters. The van der Waals surface area contributed by atoms with Crippen LogP contribution >= 0.6 is 12.2 Å². The van der Waals surface area contributed by atoms with Crippen LogP contribution in [0.2, 0.25) is 0 Å². The zero-order valence-corrected chi connectivity index (χ0v) is 17.0. The molecular formula is C17H25N5O2S2. The Morgan fingerprint density at radius 3 is 2.62 bits per heavy atom. The lowest BCUT2D eigenvalue weighted by molar-refractivity contribution is 0.137. The van der Waals surface area contributed by atoms with Crippen molar-refractivity contribution < 1.29 is 8.42 Å². The molecule has 9 heteroatoms. The second-order valence-electron chi connectivity index (χ2n) is 7.26. The third kappa shape index (κ3) is 4.21. The lowest BCUT2D eigenvalue weighted by atomic mass is 10.1. The molecule has 0 saturated carbocycles. The predicted octanol–water partition coefficient (Wildman–Crippen LogP) is 2.12. The number of rotatable bonds is 6. The van der Waals surface area contributed by atoms with E-state index in [4.69, 9.17) is 17.3 Å². The first-order valence-corrected chi connectivity index (χ1v) is 11.0. The van der Waals surface area contributed by atoms with Crippen molar-refractivity contribution in [3.05, 3.63) is 29.3 Å². The molecule has 0 bridgehead atoms. The number of aromatic nitrogens is 4. The van der Waals surface area contributed by atoms with Crippen LogP contribution in [0.15, 0.2) is 24.5 Å². The molecule has 0 radical (unpaired) electrons. The van der Waals surface area contributed by atoms with Crippen molar-refractivity contribution in [1.29, 1.82) is 0 Å². The van der Waals surface area contributed by atoms with Crippen LogP contribution in [-0.2, 0) is 23.6 Å². The van der Waals surface area contributed by atoms with Gasteiger partial charge in [0.2, 0.25) is 0 Å². The summed E-state index contributed by atoms with van der Waals surface area (Å²) in [6.45, 7) is 5.58. The molecule has 1 saturated heterocycles. The quantitative estimate of drug-likeness (QED) is 0.698. The molecule has 0 amide bonds. The van der Waals surface area contributed by atoms with Crippen molar-refractivity contribution in [3.63, 3.8) is 0 Å². The molecule has 1 fully saturated rings. The summed E-state index contributed by atoms with van der Waals surface area (Å²) in [4.78, 5) is 6.24. The molecular weight excluding hydrogens is 370 g/mol. The van der Waals surface area contributed by atoms with Gasteiger partial charge in [-0.1, -0.05) is 13.8 Å². The minimum atomic E-state index is -2.93. The van der Waals surface area contributed by atoms with Crippen LogP contribution < -0.4 is 0 Å². The van der Waals surface area contributed by atoms with Crippen LogP contribution in [0, 0.1) is 10.7 Å². The van der Waals surface area contributed by atoms with E-state index in [2.05, 4.69) is 23.7 Å². The van der Waals surface area contributed by atoms with E-state index in [1.807, 2.05) is 23.7 Å². The highest BCUT2D eigenvalue weighted by Crippen LogP contribution is 2.21. The zero-order chi connectivity index (χ0) is 18.9. The second kappa shape index (κ2) is 7.58. The summed E-state index contributed by atoms with van der Waals surface area (Å²) in [5.74, 6) is 1.69. The number of sulfone groups is 1. The summed E-state index contributed by atoms with van der Waals surface area (Å²) in [5.41, 5.74) is 0.950. The van der Waals surface area contributed by atoms with Crippen LogP contribution in [-0.4, -0.2) is 56.7 Å². The van der Waals surface area contributed by atoms with Crippen molar-refractivity contribution >= 4 is 22.1 Å². The van der Waals surface area contributed by atoms with Gasteiger partial charge < -0.3 is 4.57 Å². The molecule has 1 aliphatic heterocycles. The van der Waals surface area contributed by atoms with Gasteiger partial charge in [-0.3, -0.25) is 9.88 Å². The Balaban J connectivity index is 1.89. The molecule has 26 heavy (non-hydrogen) atoms. The fourth-order valence-electron chi connectivity index (χ4n) is 3.36. The molecule has 142 valence electrons. The lowest BCUT2D eigenvalue weighted by Gasteiger charge is -2.29. The van der Waals surface area contributed by atoms with Crippen LogP contribution in [0.4, 0.5) is 0 Å². The average Bonchev–Trinajstić information content (AvgIpc) is 3.09. The summed E-state index contributed by atoms with van der Waals surface area (Å²) >= 11 is 5.57. The standard InChI is InChI=1S/C17H25N5O2S2/c1-13(2)10-21(15-6-9-26(23,24)11-15)12-22-17(25)20(3)16(19-22)14-4-7-18-8-5-14/h4-5,7-8,13,15H,6,9-12H2,1-3H3/t15-/m1/s1. The van der Waals surface area contributed by atoms with Crippen molar-refractivity contribution in [3.8, 4) is 11.4 Å². The van der Waals surface area contributed by atoms with Crippen LogP contribution in [0.25, 0.3) is 11.4 Å². The Morgan fingerprint density at radius 1 is 1.35 bits per heavy atom. The van der Waals surface area contributed by atoms with Crippen molar-refractivity contribution in [1.82, 2.24) is 24.2 Å². The fraction of sp³-hybridized carbons (Fsp3) is 0.588. The Bertz CT molecular complexity index is 918. The van der Waals surface area contributed by atoms with Crippen molar-refractivity contribution in [2.24, 2.45) is 13.0 Å². The maximum atomic E-state index is 11.9. The third-order valence-corrected chi connectivity index (χ3v) is 6.85. The smallest absolute Gasteiger partial charge is 0.199 e. The second-order valence-corrected chi connectivity index (χ2v) is 9.86. The molecule has 0 unspecified atom stereocenters. The van der Waals surface area contributed by atoms with Gasteiger partial charge in [-0.2, -0.15) is 5.10 Å². The summed E-state index contributed by atoms with van der Waals surface area (Å²) in [5, 5.41) is 4.69. The minimum Gasteiger partial charge on any atom is -0.303 e. The third-order valence-electron chi connectivity index (χ3n) is 4.62. The highest BCUT2D eigenvalue weighted by atomic mass is 32.2. The van der Waals surface area contributed by atoms with E-state index in [1.165, 1.54) is 0 Å². The van der Waals surface area contributed by atoms with E-state index in [0.29, 0.717) is 23.8 Å². The highest BCUT2D eigenvalue weighted by Gasteiger charge is 2.33. The minimum absolute atomic E-state index is 0.0238. The maximum absolute atomic E-state index is 11.9. The summed E-state index contributed by atoms with van der Waals surface area (Å²) in [6.07, 6.45) is 4.13. The molecule has 3 rings (SSSR count). The van der Waals surface area contributed by atoms with Crippen molar-refractivity contribution in [2.75, 3.05) is 18.1 Å². The Hall–Kier alpha value is -1.58. The van der Waals surface area contributed by atoms with Crippen LogP contribution in [0.5, 0.6) is 0 Å². The first-order valence-electron chi connectivity index (χ1n) is 8.75. The molecule has 7 nitrogen and oxygen atoms in total. The van der Waals surface area contributed by atoms with Crippen molar-refractivity contribution in [2.45, 2.75) is 33.0 Å². The molecule has 2 aromatic heterocycles. The topological polar surface area (TPSA) is 73.0 Å². The normalized spacial score (nSPS) is 19.5. The fourth-order valence-corrected chi connectivity index (χ4v) is 5.31. The molecule has 0 aromatic carbocycles. The van der Waals surface area contributed by atoms with E-state index in [1.54, 1.807) is 17.1 Å². The van der Waals surface area contributed by atoms with Gasteiger partial charge in [-0.05, 0) is 36.7 Å². The molecule has 0 aliphatic carbocycles. The van der Waals surface area contributed by atoms with Gasteiger partial charge in [0.05, 0.1) is 18.2 Å². The summed E-state index contributed by atoms with van der Waals surface area (Å²) < 4.78 is 28.1. The molecule has 1 aliphatic rings. The predicted molar refractivity (Wildman–Crippen MR) is 104 cm³/mol. The average molecular weight is 396 g/mol. The largest absolute Gasteiger partial charge is 0.303 e. The number of hydrogen-bond donors (Lipinski definition) is 0. The molecule has 0 N–H and O–H groups in total. The first kappa shape index (κ1) is 19.2. The SMILES string of the molecule is CC(C)CN(Cn1nc(-c2ccncc2)n(C)c1=S)[C@@H]1CCS(=O)(=O)C1. The summed E-state index contributed by atoms with van der Waals surface area (Å²) in [6, 6.07) is 3.82. The molecule has 2 aromatic rings. The van der Waals surface area contributed by atoms with E-state index < -0.39 is 9.84 Å². The highest BCUT2D eigenvalue weighted by molar-refractivity contribution is 7.91. The van der Waals surface area contributed by atoms with Gasteiger partial charge in [-0.15, -0.1) is 0 Å². The molecule has 0 spiro atoms. The number of pyridine rings is 1. The van der Waals surface area contributed by atoms with E-state index in [9.17, 15) is 8.42 Å². The summed E-state index contributed by atoms with van der Waals surface area (Å²) in [7, 11) is -1.04. The van der Waals surface area contributed by atoms with Gasteiger partial charge in [0.25, 0.3) is 0 Å². The van der Waals surface area contributed by atoms with E-state index >= 15 is 0 Å². The number of nitrogens with zero attached hydrogens (tertiary/aromatic N) is 5. The van der Waals surface area contributed by atoms with Gasteiger partial charge in [0, 0.05) is 37.6 Å². The maximum Gasteiger partial charge on any atom is 0.199 e. The van der Waals surface area contributed by atoms with E-state index in [-0.39, 0.29) is 17.5 Å². The lowest BCUT2D eigenvalue weighted by Crippen LogP contribution is -2.40. The monoisotopic (exact) mass is 395 g/mol. The van der Waals surface area contributed by atoms with Gasteiger partial charge in [0.15, 0.2) is 20.4 Å². The van der Waals surface area contributed by atoms with Gasteiger partial charge in [0.1, 0.15) is 0 Å². The zero-order valence-electron chi connectivity index (χ0n) is 15.4. The molecule has 3 heterocycles. The van der Waals surface area contributed by atoms with Crippen LogP contribution in [0.3, 0.4) is 0 Å². The Morgan fingerprint density at radius 2 is 2.04 bits per heavy atom. The van der Waals surface area contributed by atoms with Gasteiger partial charge >= 0.3 is 0 Å².